The van der Waals surface area contributed by atoms with E-state index in [1.165, 1.54) is 38.5 Å². The van der Waals surface area contributed by atoms with E-state index >= 15 is 0 Å². The van der Waals surface area contributed by atoms with Crippen molar-refractivity contribution in [3.05, 3.63) is 48.4 Å². The second-order valence-corrected chi connectivity index (χ2v) is 6.63. The maximum atomic E-state index is 5.94. The van der Waals surface area contributed by atoms with E-state index in [2.05, 4.69) is 20.3 Å². The predicted octanol–water partition coefficient (Wildman–Crippen LogP) is 4.43. The summed E-state index contributed by atoms with van der Waals surface area (Å²) in [5.41, 5.74) is 6.86. The Kier molecular flexibility index (Phi) is 6.37. The van der Waals surface area contributed by atoms with Crippen LogP contribution in [0.3, 0.4) is 0 Å². The third kappa shape index (κ3) is 5.55. The smallest absolute Gasteiger partial charge is 0.228 e. The predicted molar refractivity (Wildman–Crippen MR) is 104 cm³/mol. The molecule has 0 radical (unpaired) electrons. The first-order valence-corrected chi connectivity index (χ1v) is 9.31. The fourth-order valence-corrected chi connectivity index (χ4v) is 3.26. The monoisotopic (exact) mass is 337 g/mol. The van der Waals surface area contributed by atoms with Crippen molar-refractivity contribution in [1.29, 1.82) is 0 Å². The minimum Gasteiger partial charge on any atom is -0.368 e. The van der Waals surface area contributed by atoms with Crippen molar-refractivity contribution in [1.82, 2.24) is 15.0 Å². The summed E-state index contributed by atoms with van der Waals surface area (Å²) in [5.74, 6) is 1.45. The van der Waals surface area contributed by atoms with Gasteiger partial charge in [0.2, 0.25) is 11.9 Å². The lowest BCUT2D eigenvalue weighted by atomic mass is 10.1. The molecule has 0 saturated heterocycles. The number of aromatic nitrogens is 3. The van der Waals surface area contributed by atoms with Gasteiger partial charge < -0.3 is 11.1 Å². The van der Waals surface area contributed by atoms with E-state index in [1.54, 1.807) is 0 Å². The van der Waals surface area contributed by atoms with Gasteiger partial charge in [-0.3, -0.25) is 0 Å². The molecule has 1 aromatic heterocycles. The molecule has 0 amide bonds. The lowest BCUT2D eigenvalue weighted by molar-refractivity contribution is 0.559. The van der Waals surface area contributed by atoms with Gasteiger partial charge >= 0.3 is 0 Å². The number of nitrogen functional groups attached to an aromatic ring is 1. The van der Waals surface area contributed by atoms with E-state index in [-0.39, 0.29) is 5.95 Å². The zero-order valence-corrected chi connectivity index (χ0v) is 14.7. The van der Waals surface area contributed by atoms with Gasteiger partial charge in [0.25, 0.3) is 0 Å². The van der Waals surface area contributed by atoms with Gasteiger partial charge in [0.1, 0.15) is 0 Å². The quantitative estimate of drug-likeness (QED) is 0.853. The second-order valence-electron chi connectivity index (χ2n) is 6.63. The molecular formula is C20H27N5. The van der Waals surface area contributed by atoms with Crippen LogP contribution >= 0.6 is 0 Å². The van der Waals surface area contributed by atoms with Crippen molar-refractivity contribution in [3.8, 4) is 0 Å². The molecule has 0 bridgehead atoms. The molecular weight excluding hydrogens is 310 g/mol. The highest BCUT2D eigenvalue weighted by Gasteiger charge is 2.14. The Morgan fingerprint density at radius 2 is 1.48 bits per heavy atom. The van der Waals surface area contributed by atoms with Crippen molar-refractivity contribution in [2.24, 2.45) is 0 Å². The number of nitrogens with two attached hydrogens (primary N) is 1. The maximum absolute atomic E-state index is 5.94. The lowest BCUT2D eigenvalue weighted by Gasteiger charge is -2.18. The van der Waals surface area contributed by atoms with Gasteiger partial charge in [-0.1, -0.05) is 81.1 Å². The van der Waals surface area contributed by atoms with Gasteiger partial charge in [-0.2, -0.15) is 15.0 Å². The van der Waals surface area contributed by atoms with Crippen LogP contribution in [-0.4, -0.2) is 21.0 Å². The van der Waals surface area contributed by atoms with Crippen molar-refractivity contribution < 1.29 is 0 Å². The Hall–Kier alpha value is -2.43. The summed E-state index contributed by atoms with van der Waals surface area (Å²) in [4.78, 5) is 13.2. The van der Waals surface area contributed by atoms with Crippen LogP contribution in [0.1, 0.15) is 57.2 Å². The first-order valence-electron chi connectivity index (χ1n) is 9.31. The van der Waals surface area contributed by atoms with Crippen LogP contribution in [0.5, 0.6) is 0 Å². The number of nitrogens with one attached hydrogen (secondary N) is 1. The number of nitrogens with zero attached hydrogens (tertiary/aromatic N) is 3. The van der Waals surface area contributed by atoms with Gasteiger partial charge in [-0.25, -0.2) is 0 Å². The summed E-state index contributed by atoms with van der Waals surface area (Å²) in [6.07, 6.45) is 24.1. The average molecular weight is 337 g/mol. The van der Waals surface area contributed by atoms with Crippen LogP contribution in [0.2, 0.25) is 0 Å². The molecule has 3 rings (SSSR count). The minimum atomic E-state index is 0.256. The number of allylic oxidation sites excluding steroid dienone is 8. The van der Waals surface area contributed by atoms with Gasteiger partial charge in [0.05, 0.1) is 0 Å². The summed E-state index contributed by atoms with van der Waals surface area (Å²) in [7, 11) is 0. The molecule has 1 saturated carbocycles. The van der Waals surface area contributed by atoms with Gasteiger partial charge in [-0.05, 0) is 12.8 Å². The number of hydrogen-bond donors (Lipinski definition) is 2. The van der Waals surface area contributed by atoms with Crippen LogP contribution in [0.25, 0.3) is 5.57 Å². The van der Waals surface area contributed by atoms with E-state index in [0.717, 1.165) is 18.4 Å². The summed E-state index contributed by atoms with van der Waals surface area (Å²) in [6, 6.07) is 0.414. The summed E-state index contributed by atoms with van der Waals surface area (Å²) >= 11 is 0. The molecule has 5 nitrogen and oxygen atoms in total. The third-order valence-electron chi connectivity index (χ3n) is 4.60. The molecule has 0 spiro atoms. The van der Waals surface area contributed by atoms with E-state index < -0.39 is 0 Å². The summed E-state index contributed by atoms with van der Waals surface area (Å²) in [6.45, 7) is 0. The van der Waals surface area contributed by atoms with Crippen LogP contribution in [0, 0.1) is 0 Å². The molecule has 5 heteroatoms. The molecule has 0 atom stereocenters. The van der Waals surface area contributed by atoms with Crippen LogP contribution in [-0.2, 0) is 0 Å². The molecule has 2 aliphatic carbocycles. The zero-order valence-electron chi connectivity index (χ0n) is 14.7. The van der Waals surface area contributed by atoms with Crippen molar-refractivity contribution >= 4 is 17.5 Å². The molecule has 0 aromatic carbocycles. The van der Waals surface area contributed by atoms with Gasteiger partial charge in [-0.15, -0.1) is 0 Å². The standard InChI is InChI=1S/C20H27N5/c21-19-23-18(16-12-8-4-3-5-9-13-16)24-20(25-19)22-17-14-10-6-1-2-7-11-15-17/h3-5,8-9,12-13,17H,1-2,6-7,10-11,14-15H2,(H3,21,22,23,24,25)/b4-3-,5-3?,8-4?,9-5-,12-8-,13-9?,16-12?,16-13+. The largest absolute Gasteiger partial charge is 0.368 e. The Balaban J connectivity index is 1.76. The van der Waals surface area contributed by atoms with E-state index in [0.29, 0.717) is 17.8 Å². The maximum Gasteiger partial charge on any atom is 0.228 e. The Labute approximate surface area is 149 Å². The van der Waals surface area contributed by atoms with Crippen molar-refractivity contribution in [2.45, 2.75) is 57.4 Å². The zero-order chi connectivity index (χ0) is 17.3. The van der Waals surface area contributed by atoms with Crippen molar-refractivity contribution in [2.75, 3.05) is 11.1 Å². The first kappa shape index (κ1) is 17.4. The van der Waals surface area contributed by atoms with Gasteiger partial charge in [0, 0.05) is 11.6 Å². The summed E-state index contributed by atoms with van der Waals surface area (Å²) in [5, 5.41) is 3.50. The highest BCUT2D eigenvalue weighted by Crippen LogP contribution is 2.21. The number of hydrogen-bond acceptors (Lipinski definition) is 5. The van der Waals surface area contributed by atoms with E-state index in [1.807, 2.05) is 42.5 Å². The van der Waals surface area contributed by atoms with Crippen LogP contribution < -0.4 is 11.1 Å². The van der Waals surface area contributed by atoms with Gasteiger partial charge in [0.15, 0.2) is 5.82 Å². The third-order valence-corrected chi connectivity index (χ3v) is 4.60. The highest BCUT2D eigenvalue weighted by molar-refractivity contribution is 5.72. The molecule has 0 unspecified atom stereocenters. The highest BCUT2D eigenvalue weighted by atomic mass is 15.2. The fraction of sp³-hybridized carbons (Fsp3) is 0.450. The molecule has 1 heterocycles. The average Bonchev–Trinajstić information content (AvgIpc) is 2.68. The Morgan fingerprint density at radius 1 is 0.800 bits per heavy atom. The van der Waals surface area contributed by atoms with E-state index in [4.69, 9.17) is 5.73 Å². The number of rotatable bonds is 3. The van der Waals surface area contributed by atoms with Crippen LogP contribution in [0.15, 0.2) is 42.5 Å². The Morgan fingerprint density at radius 3 is 2.28 bits per heavy atom. The Bertz CT molecular complexity index is 677. The summed E-state index contributed by atoms with van der Waals surface area (Å²) < 4.78 is 0. The molecule has 1 aromatic rings. The van der Waals surface area contributed by atoms with Crippen molar-refractivity contribution in [3.63, 3.8) is 0 Å². The minimum absolute atomic E-state index is 0.256. The molecule has 25 heavy (non-hydrogen) atoms. The second kappa shape index (κ2) is 9.16. The lowest BCUT2D eigenvalue weighted by Crippen LogP contribution is -2.22. The van der Waals surface area contributed by atoms with E-state index in [9.17, 15) is 0 Å². The molecule has 2 aliphatic rings. The van der Waals surface area contributed by atoms with Crippen LogP contribution in [0.4, 0.5) is 11.9 Å². The molecule has 1 fully saturated rings. The normalized spacial score (nSPS) is 25.2. The first-order chi connectivity index (χ1) is 12.3. The number of anilines is 2. The fourth-order valence-electron chi connectivity index (χ4n) is 3.26. The molecule has 0 aliphatic heterocycles. The SMILES string of the molecule is Nc1nc(NC2CCCCCCCC2)nc(C2=C/C=C\C=C/C=C\2)n1. The molecule has 132 valence electrons. The topological polar surface area (TPSA) is 76.7 Å². The molecule has 3 N–H and O–H groups in total.